The molecule has 0 N–H and O–H groups in total. The second-order valence-corrected chi connectivity index (χ2v) is 6.24. The van der Waals surface area contributed by atoms with E-state index in [1.807, 2.05) is 84.9 Å². The third-order valence-corrected chi connectivity index (χ3v) is 4.42. The zero-order chi connectivity index (χ0) is 17.2. The molecule has 0 fully saturated rings. The normalized spacial score (nSPS) is 17.9. The topological polar surface area (TPSA) is 26.3 Å². The molecule has 0 unspecified atom stereocenters. The van der Waals surface area contributed by atoms with E-state index >= 15 is 0 Å². The highest BCUT2D eigenvalue weighted by atomic mass is 16.5. The van der Waals surface area contributed by atoms with E-state index in [0.717, 1.165) is 11.1 Å². The number of aryl methyl sites for hydroxylation is 1. The lowest BCUT2D eigenvalue weighted by Gasteiger charge is -2.28. The van der Waals surface area contributed by atoms with Crippen LogP contribution in [0.2, 0.25) is 0 Å². The van der Waals surface area contributed by atoms with Crippen molar-refractivity contribution in [1.82, 2.24) is 0 Å². The zero-order valence-electron chi connectivity index (χ0n) is 14.0. The van der Waals surface area contributed by atoms with E-state index in [1.165, 1.54) is 5.56 Å². The number of Topliss-reactive ketones (excluding diaryl/α,β-unsaturated/α-hetero) is 1. The van der Waals surface area contributed by atoms with E-state index in [2.05, 4.69) is 6.92 Å². The van der Waals surface area contributed by atoms with E-state index in [1.54, 1.807) is 0 Å². The van der Waals surface area contributed by atoms with E-state index in [0.29, 0.717) is 16.9 Å². The summed E-state index contributed by atoms with van der Waals surface area (Å²) in [7, 11) is 0. The summed E-state index contributed by atoms with van der Waals surface area (Å²) in [5.41, 5.74) is 4.45. The largest absolute Gasteiger partial charge is 0.480 e. The molecule has 3 aromatic carbocycles. The second kappa shape index (κ2) is 6.40. The highest BCUT2D eigenvalue weighted by Crippen LogP contribution is 2.39. The predicted molar refractivity (Wildman–Crippen MR) is 99.7 cm³/mol. The minimum absolute atomic E-state index is 0.0243. The fraction of sp³-hybridized carbons (Fsp3) is 0.0870. The lowest BCUT2D eigenvalue weighted by atomic mass is 9.89. The van der Waals surface area contributed by atoms with Gasteiger partial charge in [-0.1, -0.05) is 72.3 Å². The first-order valence-corrected chi connectivity index (χ1v) is 8.36. The van der Waals surface area contributed by atoms with E-state index < -0.39 is 6.10 Å². The molecule has 3 aromatic rings. The Morgan fingerprint density at radius 3 is 2.28 bits per heavy atom. The first-order valence-electron chi connectivity index (χ1n) is 8.36. The number of fused-ring (bicyclic) bond motifs is 1. The Bertz CT molecular complexity index is 937. The molecule has 0 spiro atoms. The quantitative estimate of drug-likeness (QED) is 0.590. The number of carbonyl (C=O) groups is 1. The molecule has 0 radical (unpaired) electrons. The van der Waals surface area contributed by atoms with Gasteiger partial charge in [0.1, 0.15) is 5.75 Å². The molecular weight excluding hydrogens is 308 g/mol. The number of rotatable bonds is 2. The summed E-state index contributed by atoms with van der Waals surface area (Å²) in [5, 5.41) is 0. The molecule has 1 heterocycles. The number of benzene rings is 3. The molecule has 2 nitrogen and oxygen atoms in total. The van der Waals surface area contributed by atoms with Gasteiger partial charge in [-0.05, 0) is 36.3 Å². The highest BCUT2D eigenvalue weighted by Gasteiger charge is 2.32. The maximum absolute atomic E-state index is 13.1. The van der Waals surface area contributed by atoms with Gasteiger partial charge < -0.3 is 4.74 Å². The molecule has 1 aliphatic heterocycles. The van der Waals surface area contributed by atoms with Crippen molar-refractivity contribution in [3.8, 4) is 5.75 Å². The SMILES string of the molecule is Cc1ccc(/C=C2\C(=O)c3ccccc3O[C@@H]2c2ccccc2)cc1. The molecule has 0 bridgehead atoms. The van der Waals surface area contributed by atoms with E-state index in [9.17, 15) is 4.79 Å². The molecule has 0 aliphatic carbocycles. The first-order chi connectivity index (χ1) is 12.2. The van der Waals surface area contributed by atoms with Crippen LogP contribution in [-0.4, -0.2) is 5.78 Å². The molecule has 2 heteroatoms. The van der Waals surface area contributed by atoms with Crippen molar-refractivity contribution in [1.29, 1.82) is 0 Å². The average Bonchev–Trinajstić information content (AvgIpc) is 2.66. The summed E-state index contributed by atoms with van der Waals surface area (Å²) in [6, 6.07) is 25.5. The summed E-state index contributed by atoms with van der Waals surface area (Å²) < 4.78 is 6.21. The molecule has 122 valence electrons. The summed E-state index contributed by atoms with van der Waals surface area (Å²) in [6.07, 6.45) is 1.54. The number of carbonyl (C=O) groups excluding carboxylic acids is 1. The van der Waals surface area contributed by atoms with Gasteiger partial charge in [-0.15, -0.1) is 0 Å². The Labute approximate surface area is 147 Å². The summed E-state index contributed by atoms with van der Waals surface area (Å²) >= 11 is 0. The van der Waals surface area contributed by atoms with Gasteiger partial charge >= 0.3 is 0 Å². The van der Waals surface area contributed by atoms with Crippen LogP contribution in [0.4, 0.5) is 0 Å². The Morgan fingerprint density at radius 1 is 0.840 bits per heavy atom. The third-order valence-electron chi connectivity index (χ3n) is 4.42. The van der Waals surface area contributed by atoms with Gasteiger partial charge in [-0.3, -0.25) is 4.79 Å². The number of ketones is 1. The van der Waals surface area contributed by atoms with Gasteiger partial charge in [-0.2, -0.15) is 0 Å². The second-order valence-electron chi connectivity index (χ2n) is 6.24. The van der Waals surface area contributed by atoms with Gasteiger partial charge in [-0.25, -0.2) is 0 Å². The Kier molecular flexibility index (Phi) is 3.95. The fourth-order valence-corrected chi connectivity index (χ4v) is 3.08. The highest BCUT2D eigenvalue weighted by molar-refractivity contribution is 6.14. The lowest BCUT2D eigenvalue weighted by Crippen LogP contribution is -2.23. The monoisotopic (exact) mass is 326 g/mol. The third kappa shape index (κ3) is 2.99. The van der Waals surface area contributed by atoms with Gasteiger partial charge in [0.05, 0.1) is 5.56 Å². The van der Waals surface area contributed by atoms with Crippen LogP contribution >= 0.6 is 0 Å². The van der Waals surface area contributed by atoms with Crippen molar-refractivity contribution < 1.29 is 9.53 Å². The van der Waals surface area contributed by atoms with Crippen LogP contribution in [-0.2, 0) is 0 Å². The van der Waals surface area contributed by atoms with Gasteiger partial charge in [0.2, 0.25) is 0 Å². The summed E-state index contributed by atoms with van der Waals surface area (Å²) in [5.74, 6) is 0.665. The predicted octanol–water partition coefficient (Wildman–Crippen LogP) is 5.40. The van der Waals surface area contributed by atoms with Crippen LogP contribution in [0.5, 0.6) is 5.75 Å². The minimum atomic E-state index is -0.398. The maximum Gasteiger partial charge on any atom is 0.196 e. The van der Waals surface area contributed by atoms with Crippen molar-refractivity contribution in [3.05, 3.63) is 107 Å². The molecule has 1 atom stereocenters. The lowest BCUT2D eigenvalue weighted by molar-refractivity contribution is 0.0963. The summed E-state index contributed by atoms with van der Waals surface area (Å²) in [4.78, 5) is 13.1. The van der Waals surface area contributed by atoms with Crippen LogP contribution < -0.4 is 4.74 Å². The molecule has 0 amide bonds. The van der Waals surface area contributed by atoms with Crippen LogP contribution in [0, 0.1) is 6.92 Å². The van der Waals surface area contributed by atoms with Crippen LogP contribution in [0.1, 0.15) is 33.2 Å². The minimum Gasteiger partial charge on any atom is -0.480 e. The van der Waals surface area contributed by atoms with Gasteiger partial charge in [0.15, 0.2) is 11.9 Å². The Hall–Kier alpha value is -3.13. The molecule has 4 rings (SSSR count). The smallest absolute Gasteiger partial charge is 0.196 e. The molecular formula is C23H18O2. The van der Waals surface area contributed by atoms with Crippen LogP contribution in [0.25, 0.3) is 6.08 Å². The number of hydrogen-bond acceptors (Lipinski definition) is 2. The van der Waals surface area contributed by atoms with Gasteiger partial charge in [0, 0.05) is 5.57 Å². The van der Waals surface area contributed by atoms with Crippen molar-refractivity contribution in [2.45, 2.75) is 13.0 Å². The van der Waals surface area contributed by atoms with Crippen LogP contribution in [0.15, 0.2) is 84.4 Å². The Morgan fingerprint density at radius 2 is 1.52 bits per heavy atom. The fourth-order valence-electron chi connectivity index (χ4n) is 3.08. The van der Waals surface area contributed by atoms with Gasteiger partial charge in [0.25, 0.3) is 0 Å². The molecule has 0 saturated carbocycles. The van der Waals surface area contributed by atoms with Crippen molar-refractivity contribution in [3.63, 3.8) is 0 Å². The molecule has 25 heavy (non-hydrogen) atoms. The van der Waals surface area contributed by atoms with Crippen LogP contribution in [0.3, 0.4) is 0 Å². The van der Waals surface area contributed by atoms with E-state index in [-0.39, 0.29) is 5.78 Å². The molecule has 0 saturated heterocycles. The van der Waals surface area contributed by atoms with Crippen molar-refractivity contribution in [2.24, 2.45) is 0 Å². The standard InChI is InChI=1S/C23H18O2/c1-16-11-13-17(14-12-16)15-20-22(24)19-9-5-6-10-21(19)25-23(20)18-7-3-2-4-8-18/h2-15,23H,1H3/b20-15+/t23-/m1/s1. The number of ether oxygens (including phenoxy) is 1. The van der Waals surface area contributed by atoms with Crippen molar-refractivity contribution in [2.75, 3.05) is 0 Å². The first kappa shape index (κ1) is 15.4. The number of para-hydroxylation sites is 1. The summed E-state index contributed by atoms with van der Waals surface area (Å²) in [6.45, 7) is 2.05. The molecule has 1 aliphatic rings. The zero-order valence-corrected chi connectivity index (χ0v) is 14.0. The maximum atomic E-state index is 13.1. The van der Waals surface area contributed by atoms with E-state index in [4.69, 9.17) is 4.74 Å². The van der Waals surface area contributed by atoms with Crippen molar-refractivity contribution >= 4 is 11.9 Å². The molecule has 0 aromatic heterocycles. The Balaban J connectivity index is 1.85. The average molecular weight is 326 g/mol. The number of hydrogen-bond donors (Lipinski definition) is 0.